The van der Waals surface area contributed by atoms with Gasteiger partial charge in [0.25, 0.3) is 5.91 Å². The number of rotatable bonds is 4. The smallest absolute Gasteiger partial charge is 0.255 e. The van der Waals surface area contributed by atoms with Crippen LogP contribution in [-0.2, 0) is 0 Å². The fourth-order valence-electron chi connectivity index (χ4n) is 1.99. The molecule has 1 aliphatic heterocycles. The van der Waals surface area contributed by atoms with Gasteiger partial charge < -0.3 is 15.4 Å². The van der Waals surface area contributed by atoms with Gasteiger partial charge in [0.1, 0.15) is 5.75 Å². The van der Waals surface area contributed by atoms with Crippen molar-refractivity contribution in [3.8, 4) is 5.75 Å². The van der Waals surface area contributed by atoms with Crippen molar-refractivity contribution in [3.05, 3.63) is 39.4 Å². The Balaban J connectivity index is 0.00000220. The van der Waals surface area contributed by atoms with Crippen LogP contribution in [0.1, 0.15) is 16.8 Å². The van der Waals surface area contributed by atoms with E-state index >= 15 is 0 Å². The lowest BCUT2D eigenvalue weighted by atomic mass is 10.1. The average Bonchev–Trinajstić information content (AvgIpc) is 2.48. The standard InChI is InChI=1S/C14H16Cl2N2O2.ClH/c1-20-13-7-12(16)11(15)6-10(13)14(19)18-8-9-2-4-17-5-3-9;/h2,6-7,17H,3-5,8H2,1H3,(H,18,19);1H. The topological polar surface area (TPSA) is 50.4 Å². The maximum Gasteiger partial charge on any atom is 0.255 e. The Morgan fingerprint density at radius 2 is 2.10 bits per heavy atom. The van der Waals surface area contributed by atoms with Crippen LogP contribution >= 0.6 is 35.6 Å². The molecule has 0 bridgehead atoms. The summed E-state index contributed by atoms with van der Waals surface area (Å²) in [5, 5.41) is 6.79. The van der Waals surface area contributed by atoms with Gasteiger partial charge in [0.05, 0.1) is 22.7 Å². The lowest BCUT2D eigenvalue weighted by Crippen LogP contribution is -2.29. The molecule has 2 N–H and O–H groups in total. The molecule has 21 heavy (non-hydrogen) atoms. The monoisotopic (exact) mass is 350 g/mol. The van der Waals surface area contributed by atoms with E-state index in [0.717, 1.165) is 19.5 Å². The molecule has 0 aromatic heterocycles. The zero-order chi connectivity index (χ0) is 14.5. The van der Waals surface area contributed by atoms with Crippen LogP contribution in [0.15, 0.2) is 23.8 Å². The molecule has 0 saturated carbocycles. The van der Waals surface area contributed by atoms with Crippen LogP contribution in [0.2, 0.25) is 10.0 Å². The lowest BCUT2D eigenvalue weighted by molar-refractivity contribution is 0.0953. The molecular weight excluding hydrogens is 335 g/mol. The Hall–Kier alpha value is -0.940. The summed E-state index contributed by atoms with van der Waals surface area (Å²) in [5.74, 6) is 0.191. The molecule has 4 nitrogen and oxygen atoms in total. The van der Waals surface area contributed by atoms with Gasteiger partial charge in [-0.05, 0) is 19.0 Å². The van der Waals surface area contributed by atoms with Crippen LogP contribution in [0, 0.1) is 0 Å². The van der Waals surface area contributed by atoms with Crippen molar-refractivity contribution in [3.63, 3.8) is 0 Å². The summed E-state index contributed by atoms with van der Waals surface area (Å²) in [6.45, 7) is 2.32. The van der Waals surface area contributed by atoms with Gasteiger partial charge in [-0.1, -0.05) is 34.9 Å². The van der Waals surface area contributed by atoms with E-state index in [1.54, 1.807) is 6.07 Å². The van der Waals surface area contributed by atoms with Crippen molar-refractivity contribution in [2.75, 3.05) is 26.7 Å². The molecule has 7 heteroatoms. The van der Waals surface area contributed by atoms with Crippen molar-refractivity contribution in [1.82, 2.24) is 10.6 Å². The number of amides is 1. The quantitative estimate of drug-likeness (QED) is 0.820. The third-order valence-electron chi connectivity index (χ3n) is 3.12. The first-order valence-corrected chi connectivity index (χ1v) is 7.07. The molecule has 1 aromatic rings. The van der Waals surface area contributed by atoms with Crippen molar-refractivity contribution in [1.29, 1.82) is 0 Å². The third-order valence-corrected chi connectivity index (χ3v) is 3.84. The number of ether oxygens (including phenoxy) is 1. The van der Waals surface area contributed by atoms with Gasteiger partial charge in [-0.15, -0.1) is 12.4 Å². The summed E-state index contributed by atoms with van der Waals surface area (Å²) in [4.78, 5) is 12.2. The molecule has 0 aliphatic carbocycles. The van der Waals surface area contributed by atoms with E-state index in [-0.39, 0.29) is 18.3 Å². The number of halogens is 3. The van der Waals surface area contributed by atoms with Gasteiger partial charge in [0, 0.05) is 19.2 Å². The Bertz CT molecular complexity index is 547. The Morgan fingerprint density at radius 1 is 1.38 bits per heavy atom. The van der Waals surface area contributed by atoms with E-state index in [1.807, 2.05) is 0 Å². The van der Waals surface area contributed by atoms with Gasteiger partial charge in [-0.25, -0.2) is 0 Å². The summed E-state index contributed by atoms with van der Waals surface area (Å²) >= 11 is 11.9. The number of carbonyl (C=O) groups excluding carboxylic acids is 1. The normalized spacial score (nSPS) is 14.0. The Morgan fingerprint density at radius 3 is 2.71 bits per heavy atom. The third kappa shape index (κ3) is 4.78. The van der Waals surface area contributed by atoms with Crippen molar-refractivity contribution in [2.45, 2.75) is 6.42 Å². The molecule has 0 saturated heterocycles. The highest BCUT2D eigenvalue weighted by Crippen LogP contribution is 2.30. The van der Waals surface area contributed by atoms with E-state index < -0.39 is 0 Å². The number of hydrogen-bond acceptors (Lipinski definition) is 3. The second-order valence-electron chi connectivity index (χ2n) is 4.47. The van der Waals surface area contributed by atoms with E-state index in [0.29, 0.717) is 27.9 Å². The van der Waals surface area contributed by atoms with Gasteiger partial charge >= 0.3 is 0 Å². The van der Waals surface area contributed by atoms with Crippen molar-refractivity contribution >= 4 is 41.5 Å². The minimum absolute atomic E-state index is 0. The first-order valence-electron chi connectivity index (χ1n) is 6.31. The van der Waals surface area contributed by atoms with Gasteiger partial charge in [-0.3, -0.25) is 4.79 Å². The molecule has 0 fully saturated rings. The minimum atomic E-state index is -0.222. The number of nitrogens with one attached hydrogen (secondary N) is 2. The van der Waals surface area contributed by atoms with Crippen LogP contribution in [0.3, 0.4) is 0 Å². The lowest BCUT2D eigenvalue weighted by Gasteiger charge is -2.15. The molecule has 0 unspecified atom stereocenters. The van der Waals surface area contributed by atoms with Crippen molar-refractivity contribution in [2.24, 2.45) is 0 Å². The number of hydrogen-bond donors (Lipinski definition) is 2. The summed E-state index contributed by atoms with van der Waals surface area (Å²) < 4.78 is 5.17. The summed E-state index contributed by atoms with van der Waals surface area (Å²) in [6.07, 6.45) is 3.04. The first-order chi connectivity index (χ1) is 9.61. The molecule has 1 aromatic carbocycles. The maximum absolute atomic E-state index is 12.2. The van der Waals surface area contributed by atoms with Crippen LogP contribution in [0.25, 0.3) is 0 Å². The molecule has 1 heterocycles. The van der Waals surface area contributed by atoms with Gasteiger partial charge in [-0.2, -0.15) is 0 Å². The average molecular weight is 352 g/mol. The Labute approximate surface area is 140 Å². The van der Waals surface area contributed by atoms with Crippen LogP contribution < -0.4 is 15.4 Å². The fraction of sp³-hybridized carbons (Fsp3) is 0.357. The van der Waals surface area contributed by atoms with Crippen molar-refractivity contribution < 1.29 is 9.53 Å². The highest BCUT2D eigenvalue weighted by atomic mass is 35.5. The van der Waals surface area contributed by atoms with E-state index in [2.05, 4.69) is 16.7 Å². The molecule has 116 valence electrons. The van der Waals surface area contributed by atoms with E-state index in [4.69, 9.17) is 27.9 Å². The molecule has 0 atom stereocenters. The zero-order valence-corrected chi connectivity index (χ0v) is 13.9. The fourth-order valence-corrected chi connectivity index (χ4v) is 2.31. The molecule has 0 spiro atoms. The minimum Gasteiger partial charge on any atom is -0.496 e. The Kier molecular flexibility index (Phi) is 7.32. The van der Waals surface area contributed by atoms with Crippen LogP contribution in [0.4, 0.5) is 0 Å². The molecule has 0 radical (unpaired) electrons. The molecule has 2 rings (SSSR count). The first kappa shape index (κ1) is 18.1. The van der Waals surface area contributed by atoms with Crippen LogP contribution in [-0.4, -0.2) is 32.7 Å². The maximum atomic E-state index is 12.2. The number of carbonyl (C=O) groups is 1. The predicted octanol–water partition coefficient (Wildman–Crippen LogP) is 3.07. The summed E-state index contributed by atoms with van der Waals surface area (Å²) in [7, 11) is 1.49. The van der Waals surface area contributed by atoms with Crippen LogP contribution in [0.5, 0.6) is 5.75 Å². The second-order valence-corrected chi connectivity index (χ2v) is 5.28. The molecule has 1 amide bonds. The van der Waals surface area contributed by atoms with E-state index in [1.165, 1.54) is 18.7 Å². The predicted molar refractivity (Wildman–Crippen MR) is 88.2 cm³/mol. The summed E-state index contributed by atoms with van der Waals surface area (Å²) in [5.41, 5.74) is 1.60. The highest BCUT2D eigenvalue weighted by Gasteiger charge is 2.15. The molecular formula is C14H17Cl3N2O2. The SMILES string of the molecule is COc1cc(Cl)c(Cl)cc1C(=O)NCC1=CCNCC1.Cl. The highest BCUT2D eigenvalue weighted by molar-refractivity contribution is 6.42. The van der Waals surface area contributed by atoms with Gasteiger partial charge in [0.15, 0.2) is 0 Å². The second kappa shape index (κ2) is 8.49. The number of benzene rings is 1. The largest absolute Gasteiger partial charge is 0.496 e. The molecule has 1 aliphatic rings. The van der Waals surface area contributed by atoms with Gasteiger partial charge in [0.2, 0.25) is 0 Å². The summed E-state index contributed by atoms with van der Waals surface area (Å²) in [6, 6.07) is 3.07. The number of methoxy groups -OCH3 is 1. The van der Waals surface area contributed by atoms with E-state index in [9.17, 15) is 4.79 Å². The zero-order valence-electron chi connectivity index (χ0n) is 11.5.